The van der Waals surface area contributed by atoms with Gasteiger partial charge >= 0.3 is 0 Å². The highest BCUT2D eigenvalue weighted by Gasteiger charge is 2.07. The molecule has 7 heteroatoms. The third-order valence-corrected chi connectivity index (χ3v) is 4.53. The summed E-state index contributed by atoms with van der Waals surface area (Å²) in [5.41, 5.74) is 2.81. The molecule has 0 saturated heterocycles. The van der Waals surface area contributed by atoms with E-state index in [4.69, 9.17) is 9.47 Å². The lowest BCUT2D eigenvalue weighted by Crippen LogP contribution is -2.23. The fraction of sp³-hybridized carbons (Fsp3) is 0.300. The standard InChI is InChI=1S/C20H22BrN3O3/c1-14-10-15(21)12-24-13-16(23-20(14)24)11-22-19(25)4-3-9-27-18-7-5-17(26-2)6-8-18/h5-8,10,12-13H,3-4,9,11H2,1-2H3,(H,22,25). The molecular formula is C20H22BrN3O3. The van der Waals surface area contributed by atoms with E-state index in [0.29, 0.717) is 26.0 Å². The minimum Gasteiger partial charge on any atom is -0.497 e. The maximum Gasteiger partial charge on any atom is 0.220 e. The number of pyridine rings is 1. The summed E-state index contributed by atoms with van der Waals surface area (Å²) >= 11 is 3.48. The number of halogens is 1. The summed E-state index contributed by atoms with van der Waals surface area (Å²) < 4.78 is 13.7. The Kier molecular flexibility index (Phi) is 6.34. The van der Waals surface area contributed by atoms with Crippen LogP contribution in [-0.2, 0) is 11.3 Å². The predicted molar refractivity (Wildman–Crippen MR) is 107 cm³/mol. The number of nitrogens with zero attached hydrogens (tertiary/aromatic N) is 2. The molecule has 27 heavy (non-hydrogen) atoms. The molecule has 2 heterocycles. The first-order valence-electron chi connectivity index (χ1n) is 8.72. The Morgan fingerprint density at radius 2 is 1.96 bits per heavy atom. The molecule has 0 aliphatic carbocycles. The molecule has 1 amide bonds. The van der Waals surface area contributed by atoms with Crippen LogP contribution in [0.15, 0.2) is 47.2 Å². The topological polar surface area (TPSA) is 64.9 Å². The number of fused-ring (bicyclic) bond motifs is 1. The Bertz CT molecular complexity index is 922. The molecule has 0 bridgehead atoms. The van der Waals surface area contributed by atoms with Crippen LogP contribution in [0.4, 0.5) is 0 Å². The van der Waals surface area contributed by atoms with Gasteiger partial charge in [0.15, 0.2) is 0 Å². The molecular weight excluding hydrogens is 410 g/mol. The molecule has 0 unspecified atom stereocenters. The smallest absolute Gasteiger partial charge is 0.220 e. The van der Waals surface area contributed by atoms with Crippen molar-refractivity contribution in [2.75, 3.05) is 13.7 Å². The van der Waals surface area contributed by atoms with Gasteiger partial charge < -0.3 is 19.2 Å². The monoisotopic (exact) mass is 431 g/mol. The van der Waals surface area contributed by atoms with Crippen LogP contribution < -0.4 is 14.8 Å². The number of carbonyl (C=O) groups excluding carboxylic acids is 1. The molecule has 0 aliphatic rings. The zero-order valence-corrected chi connectivity index (χ0v) is 17.0. The van der Waals surface area contributed by atoms with Crippen molar-refractivity contribution in [2.45, 2.75) is 26.3 Å². The lowest BCUT2D eigenvalue weighted by molar-refractivity contribution is -0.121. The van der Waals surface area contributed by atoms with Crippen LogP contribution in [0.5, 0.6) is 11.5 Å². The van der Waals surface area contributed by atoms with Gasteiger partial charge in [-0.1, -0.05) is 0 Å². The maximum absolute atomic E-state index is 12.0. The molecule has 3 aromatic rings. The van der Waals surface area contributed by atoms with E-state index < -0.39 is 0 Å². The van der Waals surface area contributed by atoms with Crippen LogP contribution in [0.3, 0.4) is 0 Å². The van der Waals surface area contributed by atoms with Crippen molar-refractivity contribution in [3.05, 3.63) is 58.5 Å². The lowest BCUT2D eigenvalue weighted by Gasteiger charge is -2.07. The quantitative estimate of drug-likeness (QED) is 0.549. The summed E-state index contributed by atoms with van der Waals surface area (Å²) in [5.74, 6) is 1.54. The molecule has 142 valence electrons. The molecule has 0 radical (unpaired) electrons. The van der Waals surface area contributed by atoms with E-state index in [0.717, 1.165) is 32.9 Å². The van der Waals surface area contributed by atoms with Gasteiger partial charge in [-0.15, -0.1) is 0 Å². The van der Waals surface area contributed by atoms with Gasteiger partial charge in [0.2, 0.25) is 5.91 Å². The molecule has 0 spiro atoms. The zero-order valence-electron chi connectivity index (χ0n) is 15.4. The average Bonchev–Trinajstić information content (AvgIpc) is 3.07. The Morgan fingerprint density at radius 1 is 1.22 bits per heavy atom. The third kappa shape index (κ3) is 5.23. The van der Waals surface area contributed by atoms with Crippen molar-refractivity contribution >= 4 is 27.5 Å². The highest BCUT2D eigenvalue weighted by atomic mass is 79.9. The van der Waals surface area contributed by atoms with E-state index in [1.54, 1.807) is 7.11 Å². The fourth-order valence-electron chi connectivity index (χ4n) is 2.73. The number of imidazole rings is 1. The summed E-state index contributed by atoms with van der Waals surface area (Å²) in [6.45, 7) is 2.91. The molecule has 1 N–H and O–H groups in total. The molecule has 6 nitrogen and oxygen atoms in total. The summed E-state index contributed by atoms with van der Waals surface area (Å²) in [6, 6.07) is 9.41. The molecule has 0 aliphatic heterocycles. The summed E-state index contributed by atoms with van der Waals surface area (Å²) in [5, 5.41) is 2.91. The van der Waals surface area contributed by atoms with Crippen molar-refractivity contribution in [2.24, 2.45) is 0 Å². The Morgan fingerprint density at radius 3 is 2.70 bits per heavy atom. The van der Waals surface area contributed by atoms with Gasteiger partial charge in [0.25, 0.3) is 0 Å². The number of carbonyl (C=O) groups is 1. The van der Waals surface area contributed by atoms with E-state index >= 15 is 0 Å². The van der Waals surface area contributed by atoms with Crippen LogP contribution in [0.2, 0.25) is 0 Å². The number of aryl methyl sites for hydroxylation is 1. The van der Waals surface area contributed by atoms with E-state index in [1.807, 2.05) is 54.0 Å². The molecule has 1 aromatic carbocycles. The van der Waals surface area contributed by atoms with Gasteiger partial charge in [0.05, 0.1) is 26.0 Å². The SMILES string of the molecule is COc1ccc(OCCCC(=O)NCc2cn3cc(Br)cc(C)c3n2)cc1. The average molecular weight is 432 g/mol. The second-order valence-electron chi connectivity index (χ2n) is 6.21. The van der Waals surface area contributed by atoms with Crippen molar-refractivity contribution in [1.29, 1.82) is 0 Å². The number of amides is 1. The number of hydrogen-bond donors (Lipinski definition) is 1. The van der Waals surface area contributed by atoms with Gasteiger partial charge in [0.1, 0.15) is 17.1 Å². The Balaban J connectivity index is 1.41. The molecule has 2 aromatic heterocycles. The number of methoxy groups -OCH3 is 1. The summed E-state index contributed by atoms with van der Waals surface area (Å²) in [6.07, 6.45) is 4.94. The second kappa shape index (κ2) is 8.90. The largest absolute Gasteiger partial charge is 0.497 e. The van der Waals surface area contributed by atoms with Crippen LogP contribution in [0.1, 0.15) is 24.1 Å². The normalized spacial score (nSPS) is 10.8. The lowest BCUT2D eigenvalue weighted by atomic mass is 10.3. The van der Waals surface area contributed by atoms with Crippen molar-refractivity contribution in [3.8, 4) is 11.5 Å². The minimum absolute atomic E-state index is 0.0108. The van der Waals surface area contributed by atoms with Crippen LogP contribution in [0.25, 0.3) is 5.65 Å². The number of ether oxygens (including phenoxy) is 2. The van der Waals surface area contributed by atoms with Gasteiger partial charge in [-0.3, -0.25) is 4.79 Å². The highest BCUT2D eigenvalue weighted by molar-refractivity contribution is 9.10. The first-order valence-corrected chi connectivity index (χ1v) is 9.52. The number of benzene rings is 1. The highest BCUT2D eigenvalue weighted by Crippen LogP contribution is 2.18. The number of aromatic nitrogens is 2. The predicted octanol–water partition coefficient (Wildman–Crippen LogP) is 3.89. The molecule has 0 saturated carbocycles. The van der Waals surface area contributed by atoms with Crippen molar-refractivity contribution < 1.29 is 14.3 Å². The third-order valence-electron chi connectivity index (χ3n) is 4.09. The van der Waals surface area contributed by atoms with Gasteiger partial charge in [0, 0.05) is 23.3 Å². The Labute approximate surface area is 166 Å². The summed E-state index contributed by atoms with van der Waals surface area (Å²) in [4.78, 5) is 16.6. The van der Waals surface area contributed by atoms with E-state index in [9.17, 15) is 4.79 Å². The van der Waals surface area contributed by atoms with Crippen LogP contribution in [0, 0.1) is 6.92 Å². The van der Waals surface area contributed by atoms with Crippen molar-refractivity contribution in [3.63, 3.8) is 0 Å². The first-order chi connectivity index (χ1) is 13.0. The minimum atomic E-state index is -0.0108. The number of hydrogen-bond acceptors (Lipinski definition) is 4. The van der Waals surface area contributed by atoms with E-state index in [-0.39, 0.29) is 5.91 Å². The van der Waals surface area contributed by atoms with Crippen LogP contribution >= 0.6 is 15.9 Å². The second-order valence-corrected chi connectivity index (χ2v) is 7.12. The Hall–Kier alpha value is -2.54. The number of nitrogens with one attached hydrogen (secondary N) is 1. The van der Waals surface area contributed by atoms with Gasteiger partial charge in [-0.05, 0) is 65.2 Å². The molecule has 0 fully saturated rings. The van der Waals surface area contributed by atoms with Gasteiger partial charge in [-0.2, -0.15) is 0 Å². The number of rotatable bonds is 8. The molecule has 3 rings (SSSR count). The summed E-state index contributed by atoms with van der Waals surface area (Å²) in [7, 11) is 1.63. The van der Waals surface area contributed by atoms with Crippen molar-refractivity contribution in [1.82, 2.24) is 14.7 Å². The van der Waals surface area contributed by atoms with E-state index in [2.05, 4.69) is 26.2 Å². The zero-order chi connectivity index (χ0) is 19.2. The van der Waals surface area contributed by atoms with E-state index in [1.165, 1.54) is 0 Å². The first kappa shape index (κ1) is 19.2. The molecule has 0 atom stereocenters. The maximum atomic E-state index is 12.0. The van der Waals surface area contributed by atoms with Gasteiger partial charge in [-0.25, -0.2) is 4.98 Å². The fourth-order valence-corrected chi connectivity index (χ4v) is 3.30. The van der Waals surface area contributed by atoms with Crippen LogP contribution in [-0.4, -0.2) is 29.0 Å².